The molecular formula is C17H19NO8S3. The summed E-state index contributed by atoms with van der Waals surface area (Å²) in [5, 5.41) is 9.47. The van der Waals surface area contributed by atoms with Crippen molar-refractivity contribution in [3.8, 4) is 11.5 Å². The van der Waals surface area contributed by atoms with Gasteiger partial charge in [0.15, 0.2) is 0 Å². The lowest BCUT2D eigenvalue weighted by Crippen LogP contribution is -2.49. The number of sulfonamides is 2. The van der Waals surface area contributed by atoms with Crippen LogP contribution in [0.1, 0.15) is 0 Å². The van der Waals surface area contributed by atoms with Crippen molar-refractivity contribution in [1.29, 1.82) is 0 Å². The quantitative estimate of drug-likeness (QED) is 0.538. The van der Waals surface area contributed by atoms with E-state index >= 15 is 0 Å². The van der Waals surface area contributed by atoms with Gasteiger partial charge in [0.05, 0.1) is 24.0 Å². The summed E-state index contributed by atoms with van der Waals surface area (Å²) >= 11 is 3.85. The normalized spacial score (nSPS) is 13.1. The molecule has 2 aromatic carbocycles. The second-order valence-corrected chi connectivity index (χ2v) is 9.85. The molecule has 0 aliphatic heterocycles. The summed E-state index contributed by atoms with van der Waals surface area (Å²) in [4.78, 5) is 10.8. The van der Waals surface area contributed by atoms with Gasteiger partial charge in [0.1, 0.15) is 17.5 Å². The molecule has 9 nitrogen and oxygen atoms in total. The summed E-state index contributed by atoms with van der Waals surface area (Å²) in [5.74, 6) is -1.54. The number of carboxylic acids is 1. The second kappa shape index (κ2) is 9.03. The van der Waals surface area contributed by atoms with Crippen LogP contribution in [0.15, 0.2) is 58.3 Å². The lowest BCUT2D eigenvalue weighted by Gasteiger charge is -2.26. The standard InChI is InChI=1S/C17H19NO8S3/c1-25-12-3-7-14(8-4-12)28(21,22)18(16(11-27)17(19)20)29(23,24)15-9-5-13(26-2)6-10-15/h3-10,16,27H,11H2,1-2H3,(H,19,20). The van der Waals surface area contributed by atoms with Crippen molar-refractivity contribution in [2.45, 2.75) is 15.8 Å². The first-order valence-electron chi connectivity index (χ1n) is 8.01. The van der Waals surface area contributed by atoms with Gasteiger partial charge in [-0.25, -0.2) is 16.8 Å². The van der Waals surface area contributed by atoms with E-state index in [4.69, 9.17) is 9.47 Å². The molecule has 0 radical (unpaired) electrons. The van der Waals surface area contributed by atoms with E-state index in [0.717, 1.165) is 24.3 Å². The highest BCUT2D eigenvalue weighted by molar-refractivity contribution is 8.04. The molecule has 1 unspecified atom stereocenters. The first kappa shape index (κ1) is 23.0. The lowest BCUT2D eigenvalue weighted by atomic mass is 10.3. The van der Waals surface area contributed by atoms with E-state index in [-0.39, 0.29) is 3.71 Å². The zero-order valence-electron chi connectivity index (χ0n) is 15.4. The Morgan fingerprint density at radius 1 is 0.897 bits per heavy atom. The summed E-state index contributed by atoms with van der Waals surface area (Å²) in [5.41, 5.74) is 0. The molecule has 0 spiro atoms. The Kier molecular flexibility index (Phi) is 7.16. The molecule has 1 atom stereocenters. The maximum atomic E-state index is 13.2. The van der Waals surface area contributed by atoms with E-state index in [0.29, 0.717) is 11.5 Å². The molecule has 0 fully saturated rings. The number of hydrogen-bond acceptors (Lipinski definition) is 8. The molecule has 0 aliphatic rings. The number of benzene rings is 2. The molecule has 1 N–H and O–H groups in total. The lowest BCUT2D eigenvalue weighted by molar-refractivity contribution is -0.139. The minimum Gasteiger partial charge on any atom is -0.497 e. The van der Waals surface area contributed by atoms with Crippen molar-refractivity contribution in [2.75, 3.05) is 20.0 Å². The average molecular weight is 462 g/mol. The summed E-state index contributed by atoms with van der Waals surface area (Å²) in [6.45, 7) is 0. The summed E-state index contributed by atoms with van der Waals surface area (Å²) in [6.07, 6.45) is 0. The molecule has 2 rings (SSSR count). The Morgan fingerprint density at radius 2 is 1.24 bits per heavy atom. The molecule has 0 amide bonds. The number of hydrogen-bond donors (Lipinski definition) is 2. The van der Waals surface area contributed by atoms with E-state index in [1.54, 1.807) is 0 Å². The zero-order valence-corrected chi connectivity index (χ0v) is 17.9. The summed E-state index contributed by atoms with van der Waals surface area (Å²) in [7, 11) is -6.79. The van der Waals surface area contributed by atoms with Crippen LogP contribution in [-0.2, 0) is 24.8 Å². The number of carboxylic acid groups (broad SMARTS) is 1. The number of methoxy groups -OCH3 is 2. The van der Waals surface area contributed by atoms with Crippen LogP contribution in [0.25, 0.3) is 0 Å². The molecule has 29 heavy (non-hydrogen) atoms. The molecule has 0 aromatic heterocycles. The first-order chi connectivity index (χ1) is 13.6. The Labute approximate surface area is 174 Å². The first-order valence-corrected chi connectivity index (χ1v) is 11.5. The summed E-state index contributed by atoms with van der Waals surface area (Å²) in [6, 6.07) is 7.83. The molecule has 0 saturated carbocycles. The Morgan fingerprint density at radius 3 is 1.48 bits per heavy atom. The number of rotatable bonds is 9. The van der Waals surface area contributed by atoms with Gasteiger partial charge in [0.2, 0.25) is 0 Å². The van der Waals surface area contributed by atoms with Gasteiger partial charge in [0, 0.05) is 5.75 Å². The second-order valence-electron chi connectivity index (χ2n) is 5.62. The number of aliphatic carboxylic acids is 1. The van der Waals surface area contributed by atoms with Crippen LogP contribution in [0, 0.1) is 0 Å². The largest absolute Gasteiger partial charge is 0.497 e. The molecule has 0 aliphatic carbocycles. The van der Waals surface area contributed by atoms with Gasteiger partial charge in [-0.1, -0.05) is 3.71 Å². The minimum atomic E-state index is -4.78. The molecule has 158 valence electrons. The van der Waals surface area contributed by atoms with E-state index in [2.05, 4.69) is 12.6 Å². The van der Waals surface area contributed by atoms with Crippen molar-refractivity contribution in [3.05, 3.63) is 48.5 Å². The highest BCUT2D eigenvalue weighted by Gasteiger charge is 2.45. The fourth-order valence-electron chi connectivity index (χ4n) is 2.40. The van der Waals surface area contributed by atoms with Crippen LogP contribution in [0.5, 0.6) is 11.5 Å². The van der Waals surface area contributed by atoms with Crippen molar-refractivity contribution in [3.63, 3.8) is 0 Å². The van der Waals surface area contributed by atoms with Gasteiger partial charge in [0.25, 0.3) is 20.0 Å². The molecule has 0 bridgehead atoms. The Balaban J connectivity index is 2.69. The van der Waals surface area contributed by atoms with Crippen molar-refractivity contribution in [1.82, 2.24) is 3.71 Å². The molecule has 0 saturated heterocycles. The average Bonchev–Trinajstić information content (AvgIpc) is 2.71. The van der Waals surface area contributed by atoms with Gasteiger partial charge < -0.3 is 14.6 Å². The number of thiol groups is 1. The number of nitrogens with zero attached hydrogens (tertiary/aromatic N) is 1. The third kappa shape index (κ3) is 4.66. The van der Waals surface area contributed by atoms with Crippen molar-refractivity contribution < 1.29 is 36.2 Å². The van der Waals surface area contributed by atoms with Crippen molar-refractivity contribution >= 4 is 38.6 Å². The van der Waals surface area contributed by atoms with Crippen molar-refractivity contribution in [2.24, 2.45) is 0 Å². The van der Waals surface area contributed by atoms with Crippen LogP contribution in [0.3, 0.4) is 0 Å². The summed E-state index contributed by atoms with van der Waals surface area (Å²) < 4.78 is 62.6. The van der Waals surface area contributed by atoms with E-state index in [1.807, 2.05) is 0 Å². The van der Waals surface area contributed by atoms with E-state index in [1.165, 1.54) is 38.5 Å². The van der Waals surface area contributed by atoms with E-state index in [9.17, 15) is 26.7 Å². The number of carbonyl (C=O) groups is 1. The van der Waals surface area contributed by atoms with Crippen LogP contribution in [0.2, 0.25) is 0 Å². The predicted molar refractivity (Wildman–Crippen MR) is 107 cm³/mol. The van der Waals surface area contributed by atoms with Crippen LogP contribution in [0.4, 0.5) is 0 Å². The Bertz CT molecular complexity index is 987. The smallest absolute Gasteiger partial charge is 0.324 e. The van der Waals surface area contributed by atoms with Crippen LogP contribution in [-0.4, -0.2) is 57.6 Å². The molecule has 0 heterocycles. The maximum absolute atomic E-state index is 13.2. The van der Waals surface area contributed by atoms with Gasteiger partial charge in [-0.3, -0.25) is 4.79 Å². The van der Waals surface area contributed by atoms with Gasteiger partial charge in [-0.2, -0.15) is 12.6 Å². The van der Waals surface area contributed by atoms with Gasteiger partial charge >= 0.3 is 5.97 Å². The van der Waals surface area contributed by atoms with E-state index < -0.39 is 47.6 Å². The highest BCUT2D eigenvalue weighted by Crippen LogP contribution is 2.29. The monoisotopic (exact) mass is 461 g/mol. The number of ether oxygens (including phenoxy) is 2. The fraction of sp³-hybridized carbons (Fsp3) is 0.235. The highest BCUT2D eigenvalue weighted by atomic mass is 32.3. The zero-order chi connectivity index (χ0) is 21.8. The molecular weight excluding hydrogens is 442 g/mol. The maximum Gasteiger partial charge on any atom is 0.324 e. The predicted octanol–water partition coefficient (Wildman–Crippen LogP) is 1.47. The topological polar surface area (TPSA) is 127 Å². The van der Waals surface area contributed by atoms with Crippen LogP contribution >= 0.6 is 12.6 Å². The van der Waals surface area contributed by atoms with Crippen LogP contribution < -0.4 is 9.47 Å². The third-order valence-corrected chi connectivity index (χ3v) is 8.62. The third-order valence-electron chi connectivity index (χ3n) is 3.90. The van der Waals surface area contributed by atoms with Gasteiger partial charge in [-0.05, 0) is 48.5 Å². The van der Waals surface area contributed by atoms with Gasteiger partial charge in [-0.15, -0.1) is 0 Å². The molecule has 12 heteroatoms. The molecule has 2 aromatic rings. The SMILES string of the molecule is COc1ccc(S(=O)(=O)N(C(CS)C(=O)O)S(=O)(=O)c2ccc(OC)cc2)cc1. The minimum absolute atomic E-state index is 0.0288. The fourth-order valence-corrected chi connectivity index (χ4v) is 6.87. The Hall–Kier alpha value is -2.28.